The molecule has 0 aliphatic rings. The Kier molecular flexibility index (Phi) is 5.76. The van der Waals surface area contributed by atoms with Crippen molar-refractivity contribution in [3.05, 3.63) is 102 Å². The third-order valence-corrected chi connectivity index (χ3v) is 5.78. The van der Waals surface area contributed by atoms with Gasteiger partial charge in [-0.05, 0) is 42.7 Å². The fourth-order valence-electron chi connectivity index (χ4n) is 2.90. The van der Waals surface area contributed by atoms with Crippen LogP contribution >= 0.6 is 0 Å². The maximum atomic E-state index is 13.1. The Morgan fingerprint density at radius 3 is 1.79 bits per heavy atom. The van der Waals surface area contributed by atoms with Crippen molar-refractivity contribution in [3.8, 4) is 0 Å². The number of benzene rings is 3. The van der Waals surface area contributed by atoms with Crippen molar-refractivity contribution in [2.45, 2.75) is 18.7 Å². The lowest BCUT2D eigenvalue weighted by Crippen LogP contribution is -2.31. The van der Waals surface area contributed by atoms with Crippen molar-refractivity contribution >= 4 is 27.1 Å². The van der Waals surface area contributed by atoms with E-state index < -0.39 is 15.9 Å². The largest absolute Gasteiger partial charge is 0.268 e. The van der Waals surface area contributed by atoms with Gasteiger partial charge in [-0.15, -0.1) is 0 Å². The summed E-state index contributed by atoms with van der Waals surface area (Å²) in [7, 11) is -3.98. The van der Waals surface area contributed by atoms with Crippen LogP contribution in [0.1, 0.15) is 23.6 Å². The molecule has 3 rings (SSSR count). The first-order valence-electron chi connectivity index (χ1n) is 8.84. The Morgan fingerprint density at radius 1 is 0.750 bits per heavy atom. The average Bonchev–Trinajstić information content (AvgIpc) is 2.69. The first-order chi connectivity index (χ1) is 13.4. The SMILES string of the molecule is C/C(=C(\C(=O)NS(=O)(=O)c1ccc(C)cc1)c1ccccc1)c1ccccc1. The van der Waals surface area contributed by atoms with Crippen molar-refractivity contribution in [2.75, 3.05) is 0 Å². The van der Waals surface area contributed by atoms with E-state index in [0.29, 0.717) is 16.7 Å². The summed E-state index contributed by atoms with van der Waals surface area (Å²) >= 11 is 0. The van der Waals surface area contributed by atoms with Crippen LogP contribution < -0.4 is 4.72 Å². The van der Waals surface area contributed by atoms with Crippen LogP contribution in [-0.4, -0.2) is 14.3 Å². The molecular weight excluding hydrogens is 370 g/mol. The van der Waals surface area contributed by atoms with Gasteiger partial charge in [-0.1, -0.05) is 78.4 Å². The molecule has 0 heterocycles. The highest BCUT2D eigenvalue weighted by molar-refractivity contribution is 7.90. The molecule has 0 radical (unpaired) electrons. The molecule has 4 nitrogen and oxygen atoms in total. The molecule has 0 saturated carbocycles. The molecule has 3 aromatic rings. The van der Waals surface area contributed by atoms with Gasteiger partial charge >= 0.3 is 0 Å². The van der Waals surface area contributed by atoms with Gasteiger partial charge in [0.1, 0.15) is 0 Å². The van der Waals surface area contributed by atoms with Gasteiger partial charge in [0.05, 0.1) is 10.5 Å². The number of hydrogen-bond donors (Lipinski definition) is 1. The molecule has 142 valence electrons. The maximum absolute atomic E-state index is 13.1. The molecular formula is C23H21NO3S. The molecule has 3 aromatic carbocycles. The van der Waals surface area contributed by atoms with E-state index >= 15 is 0 Å². The minimum Gasteiger partial charge on any atom is -0.268 e. The third-order valence-electron chi connectivity index (χ3n) is 4.43. The Bertz CT molecular complexity index is 1100. The Balaban J connectivity index is 2.04. The number of nitrogens with one attached hydrogen (secondary N) is 1. The molecule has 28 heavy (non-hydrogen) atoms. The average molecular weight is 391 g/mol. The number of rotatable bonds is 5. The van der Waals surface area contributed by atoms with Crippen molar-refractivity contribution in [1.82, 2.24) is 4.72 Å². The summed E-state index contributed by atoms with van der Waals surface area (Å²) in [5.41, 5.74) is 3.46. The third kappa shape index (κ3) is 4.38. The Morgan fingerprint density at radius 2 is 1.25 bits per heavy atom. The number of sulfonamides is 1. The summed E-state index contributed by atoms with van der Waals surface area (Å²) in [5, 5.41) is 0. The number of hydrogen-bond acceptors (Lipinski definition) is 3. The maximum Gasteiger partial charge on any atom is 0.265 e. The summed E-state index contributed by atoms with van der Waals surface area (Å²) in [6.07, 6.45) is 0. The van der Waals surface area contributed by atoms with E-state index in [4.69, 9.17) is 0 Å². The predicted molar refractivity (Wildman–Crippen MR) is 112 cm³/mol. The lowest BCUT2D eigenvalue weighted by atomic mass is 9.95. The molecule has 0 aromatic heterocycles. The van der Waals surface area contributed by atoms with Gasteiger partial charge in [-0.3, -0.25) is 4.79 Å². The van der Waals surface area contributed by atoms with Crippen molar-refractivity contribution in [2.24, 2.45) is 0 Å². The van der Waals surface area contributed by atoms with Crippen LogP contribution in [0.4, 0.5) is 0 Å². The zero-order valence-corrected chi connectivity index (χ0v) is 16.5. The van der Waals surface area contributed by atoms with Crippen LogP contribution in [0.25, 0.3) is 11.1 Å². The minimum atomic E-state index is -3.98. The molecule has 0 aliphatic carbocycles. The normalized spacial score (nSPS) is 12.2. The van der Waals surface area contributed by atoms with E-state index in [-0.39, 0.29) is 4.90 Å². The number of carbonyl (C=O) groups excluding carboxylic acids is 1. The van der Waals surface area contributed by atoms with Gasteiger partial charge in [0.25, 0.3) is 15.9 Å². The van der Waals surface area contributed by atoms with E-state index in [0.717, 1.165) is 11.1 Å². The lowest BCUT2D eigenvalue weighted by molar-refractivity contribution is -0.113. The van der Waals surface area contributed by atoms with Gasteiger partial charge in [-0.2, -0.15) is 0 Å². The van der Waals surface area contributed by atoms with Crippen LogP contribution in [0.2, 0.25) is 0 Å². The number of carbonyl (C=O) groups is 1. The second-order valence-corrected chi connectivity index (χ2v) is 8.16. The van der Waals surface area contributed by atoms with E-state index in [1.807, 2.05) is 62.4 Å². The molecule has 0 saturated heterocycles. The highest BCUT2D eigenvalue weighted by atomic mass is 32.2. The predicted octanol–water partition coefficient (Wildman–Crippen LogP) is 4.43. The van der Waals surface area contributed by atoms with Crippen molar-refractivity contribution < 1.29 is 13.2 Å². The first kappa shape index (κ1) is 19.6. The van der Waals surface area contributed by atoms with Crippen LogP contribution in [0.5, 0.6) is 0 Å². The molecule has 1 amide bonds. The van der Waals surface area contributed by atoms with Gasteiger partial charge in [0, 0.05) is 0 Å². The van der Waals surface area contributed by atoms with Gasteiger partial charge in [-0.25, -0.2) is 13.1 Å². The second-order valence-electron chi connectivity index (χ2n) is 6.48. The Hall–Kier alpha value is -3.18. The molecule has 0 unspecified atom stereocenters. The van der Waals surface area contributed by atoms with Crippen LogP contribution in [0, 0.1) is 6.92 Å². The highest BCUT2D eigenvalue weighted by Gasteiger charge is 2.23. The van der Waals surface area contributed by atoms with Crippen molar-refractivity contribution in [1.29, 1.82) is 0 Å². The molecule has 0 atom stereocenters. The smallest absolute Gasteiger partial charge is 0.265 e. The monoisotopic (exact) mass is 391 g/mol. The molecule has 0 bridgehead atoms. The summed E-state index contributed by atoms with van der Waals surface area (Å²) in [6, 6.07) is 24.8. The second kappa shape index (κ2) is 8.23. The topological polar surface area (TPSA) is 63.2 Å². The lowest BCUT2D eigenvalue weighted by Gasteiger charge is -2.14. The van der Waals surface area contributed by atoms with Crippen LogP contribution in [0.15, 0.2) is 89.8 Å². The molecule has 0 fully saturated rings. The number of aryl methyl sites for hydroxylation is 1. The van der Waals surface area contributed by atoms with E-state index in [1.54, 1.807) is 24.3 Å². The van der Waals surface area contributed by atoms with Gasteiger partial charge < -0.3 is 0 Å². The van der Waals surface area contributed by atoms with E-state index in [1.165, 1.54) is 12.1 Å². The van der Waals surface area contributed by atoms with Crippen LogP contribution in [0.3, 0.4) is 0 Å². The summed E-state index contributed by atoms with van der Waals surface area (Å²) in [6.45, 7) is 3.68. The molecule has 1 N–H and O–H groups in total. The van der Waals surface area contributed by atoms with E-state index in [9.17, 15) is 13.2 Å². The van der Waals surface area contributed by atoms with Crippen molar-refractivity contribution in [3.63, 3.8) is 0 Å². The first-order valence-corrected chi connectivity index (χ1v) is 10.3. The number of amides is 1. The minimum absolute atomic E-state index is 0.0521. The summed E-state index contributed by atoms with van der Waals surface area (Å²) in [4.78, 5) is 13.1. The van der Waals surface area contributed by atoms with Crippen LogP contribution in [-0.2, 0) is 14.8 Å². The molecule has 5 heteroatoms. The fourth-order valence-corrected chi connectivity index (χ4v) is 3.86. The summed E-state index contributed by atoms with van der Waals surface area (Å²) in [5.74, 6) is -0.659. The van der Waals surface area contributed by atoms with E-state index in [2.05, 4.69) is 4.72 Å². The van der Waals surface area contributed by atoms with Gasteiger partial charge in [0.15, 0.2) is 0 Å². The Labute approximate surface area is 165 Å². The molecule has 0 spiro atoms. The zero-order valence-electron chi connectivity index (χ0n) is 15.7. The number of allylic oxidation sites excluding steroid dienone is 1. The summed E-state index contributed by atoms with van der Waals surface area (Å²) < 4.78 is 27.6. The fraction of sp³-hybridized carbons (Fsp3) is 0.0870. The van der Waals surface area contributed by atoms with Gasteiger partial charge in [0.2, 0.25) is 0 Å². The standard InChI is InChI=1S/C23H21NO3S/c1-17-13-15-21(16-14-17)28(26,27)24-23(25)22(20-11-7-4-8-12-20)18(2)19-9-5-3-6-10-19/h3-16H,1-2H3,(H,24,25)/b22-18+. The quantitative estimate of drug-likeness (QED) is 0.517. The highest BCUT2D eigenvalue weighted by Crippen LogP contribution is 2.27. The zero-order chi connectivity index (χ0) is 20.1. The molecule has 0 aliphatic heterocycles.